The first-order chi connectivity index (χ1) is 8.20. The highest BCUT2D eigenvalue weighted by molar-refractivity contribution is 6.17. The fourth-order valence-electron chi connectivity index (χ4n) is 3.19. The summed E-state index contributed by atoms with van der Waals surface area (Å²) in [6.07, 6.45) is 6.90. The molecule has 0 aromatic heterocycles. The summed E-state index contributed by atoms with van der Waals surface area (Å²) in [5.74, 6) is 2.95. The van der Waals surface area contributed by atoms with Crippen molar-refractivity contribution in [3.8, 4) is 0 Å². The molecule has 2 nitrogen and oxygen atoms in total. The molecular weight excluding hydrogens is 234 g/mol. The molecule has 17 heavy (non-hydrogen) atoms. The lowest BCUT2D eigenvalue weighted by molar-refractivity contribution is -0.135. The van der Waals surface area contributed by atoms with Crippen molar-refractivity contribution in [1.29, 1.82) is 0 Å². The molecule has 3 heteroatoms. The molecule has 1 heterocycles. The van der Waals surface area contributed by atoms with Gasteiger partial charge in [-0.3, -0.25) is 4.79 Å². The second-order valence-electron chi connectivity index (χ2n) is 5.87. The number of rotatable bonds is 3. The van der Waals surface area contributed by atoms with E-state index < -0.39 is 0 Å². The van der Waals surface area contributed by atoms with E-state index in [4.69, 9.17) is 11.6 Å². The third-order valence-electron chi connectivity index (χ3n) is 4.48. The van der Waals surface area contributed by atoms with Crippen molar-refractivity contribution < 1.29 is 4.79 Å². The quantitative estimate of drug-likeness (QED) is 0.711. The van der Waals surface area contributed by atoms with Crippen LogP contribution in [0.25, 0.3) is 0 Å². The van der Waals surface area contributed by atoms with E-state index in [1.165, 1.54) is 12.8 Å². The van der Waals surface area contributed by atoms with Gasteiger partial charge in [0.05, 0.1) is 0 Å². The molecule has 1 saturated carbocycles. The molecule has 0 aromatic rings. The van der Waals surface area contributed by atoms with E-state index in [0.717, 1.165) is 50.6 Å². The van der Waals surface area contributed by atoms with Crippen LogP contribution in [0.3, 0.4) is 0 Å². The van der Waals surface area contributed by atoms with Gasteiger partial charge in [0.25, 0.3) is 0 Å². The van der Waals surface area contributed by atoms with Crippen LogP contribution in [0.4, 0.5) is 0 Å². The topological polar surface area (TPSA) is 20.3 Å². The number of carbonyl (C=O) groups excluding carboxylic acids is 1. The standard InChI is InChI=1S/C14H24ClNO/c1-11-2-4-13(5-3-11)14(17)16-9-7-12(10-16)6-8-15/h11-13H,2-10H2,1H3. The smallest absolute Gasteiger partial charge is 0.225 e. The summed E-state index contributed by atoms with van der Waals surface area (Å²) in [4.78, 5) is 14.4. The Hall–Kier alpha value is -0.240. The van der Waals surface area contributed by atoms with Crippen molar-refractivity contribution in [2.24, 2.45) is 17.8 Å². The number of hydrogen-bond acceptors (Lipinski definition) is 1. The number of nitrogens with zero attached hydrogens (tertiary/aromatic N) is 1. The van der Waals surface area contributed by atoms with E-state index in [1.807, 2.05) is 0 Å². The van der Waals surface area contributed by atoms with Crippen molar-refractivity contribution in [2.75, 3.05) is 19.0 Å². The Morgan fingerprint density at radius 3 is 2.59 bits per heavy atom. The number of carbonyl (C=O) groups is 1. The van der Waals surface area contributed by atoms with Crippen LogP contribution < -0.4 is 0 Å². The number of likely N-dealkylation sites (tertiary alicyclic amines) is 1. The number of halogens is 1. The Kier molecular flexibility index (Phi) is 4.72. The lowest BCUT2D eigenvalue weighted by atomic mass is 9.82. The van der Waals surface area contributed by atoms with Gasteiger partial charge in [-0.25, -0.2) is 0 Å². The molecule has 1 unspecified atom stereocenters. The van der Waals surface area contributed by atoms with Crippen molar-refractivity contribution in [3.63, 3.8) is 0 Å². The predicted molar refractivity (Wildman–Crippen MR) is 71.1 cm³/mol. The third kappa shape index (κ3) is 3.37. The first-order valence-electron chi connectivity index (χ1n) is 7.05. The number of hydrogen-bond donors (Lipinski definition) is 0. The van der Waals surface area contributed by atoms with Crippen LogP contribution in [-0.4, -0.2) is 29.8 Å². The van der Waals surface area contributed by atoms with Gasteiger partial charge < -0.3 is 4.90 Å². The monoisotopic (exact) mass is 257 g/mol. The highest BCUT2D eigenvalue weighted by Gasteiger charge is 2.32. The van der Waals surface area contributed by atoms with E-state index in [1.54, 1.807) is 0 Å². The zero-order valence-electron chi connectivity index (χ0n) is 10.8. The SMILES string of the molecule is CC1CCC(C(=O)N2CCC(CCCl)C2)CC1. The highest BCUT2D eigenvalue weighted by Crippen LogP contribution is 2.31. The highest BCUT2D eigenvalue weighted by atomic mass is 35.5. The molecule has 1 aliphatic heterocycles. The second-order valence-corrected chi connectivity index (χ2v) is 6.25. The third-order valence-corrected chi connectivity index (χ3v) is 4.70. The molecule has 0 spiro atoms. The van der Waals surface area contributed by atoms with Crippen LogP contribution in [0, 0.1) is 17.8 Å². The van der Waals surface area contributed by atoms with Crippen LogP contribution in [0.15, 0.2) is 0 Å². The fourth-order valence-corrected chi connectivity index (χ4v) is 3.50. The van der Waals surface area contributed by atoms with Gasteiger partial charge in [-0.1, -0.05) is 6.92 Å². The van der Waals surface area contributed by atoms with E-state index in [9.17, 15) is 4.79 Å². The first-order valence-corrected chi connectivity index (χ1v) is 7.59. The Labute approximate surface area is 110 Å². The summed E-state index contributed by atoms with van der Waals surface area (Å²) in [6.45, 7) is 4.22. The van der Waals surface area contributed by atoms with E-state index in [0.29, 0.717) is 17.7 Å². The Morgan fingerprint density at radius 2 is 1.94 bits per heavy atom. The average Bonchev–Trinajstić information content (AvgIpc) is 2.78. The molecule has 0 N–H and O–H groups in total. The Morgan fingerprint density at radius 1 is 1.24 bits per heavy atom. The maximum atomic E-state index is 12.3. The zero-order valence-corrected chi connectivity index (χ0v) is 11.6. The lowest BCUT2D eigenvalue weighted by Gasteiger charge is -2.29. The largest absolute Gasteiger partial charge is 0.342 e. The first kappa shape index (κ1) is 13.2. The molecule has 1 saturated heterocycles. The summed E-state index contributed by atoms with van der Waals surface area (Å²) in [6, 6.07) is 0. The van der Waals surface area contributed by atoms with Gasteiger partial charge in [0, 0.05) is 24.9 Å². The molecule has 2 aliphatic rings. The normalized spacial score (nSPS) is 34.0. The fraction of sp³-hybridized carbons (Fsp3) is 0.929. The lowest BCUT2D eigenvalue weighted by Crippen LogP contribution is -2.36. The van der Waals surface area contributed by atoms with Gasteiger partial charge >= 0.3 is 0 Å². The Balaban J connectivity index is 1.80. The molecule has 1 atom stereocenters. The minimum absolute atomic E-state index is 0.320. The van der Waals surface area contributed by atoms with Gasteiger partial charge in [-0.15, -0.1) is 11.6 Å². The molecule has 1 amide bonds. The molecule has 1 aliphatic carbocycles. The molecule has 0 radical (unpaired) electrons. The molecule has 2 rings (SSSR count). The van der Waals surface area contributed by atoms with Crippen LogP contribution >= 0.6 is 11.6 Å². The van der Waals surface area contributed by atoms with Crippen molar-refractivity contribution in [1.82, 2.24) is 4.90 Å². The van der Waals surface area contributed by atoms with Crippen LogP contribution in [0.1, 0.15) is 45.4 Å². The van der Waals surface area contributed by atoms with Crippen LogP contribution in [0.5, 0.6) is 0 Å². The van der Waals surface area contributed by atoms with E-state index >= 15 is 0 Å². The van der Waals surface area contributed by atoms with Crippen molar-refractivity contribution in [2.45, 2.75) is 45.4 Å². The van der Waals surface area contributed by atoms with Crippen molar-refractivity contribution >= 4 is 17.5 Å². The van der Waals surface area contributed by atoms with E-state index in [2.05, 4.69) is 11.8 Å². The Bertz CT molecular complexity index is 261. The van der Waals surface area contributed by atoms with Crippen molar-refractivity contribution in [3.05, 3.63) is 0 Å². The summed E-state index contributed by atoms with van der Waals surface area (Å²) >= 11 is 5.77. The summed E-state index contributed by atoms with van der Waals surface area (Å²) in [5, 5.41) is 0. The van der Waals surface area contributed by atoms with Gasteiger partial charge in [-0.05, 0) is 50.4 Å². The predicted octanol–water partition coefficient (Wildman–Crippen LogP) is 3.29. The number of amides is 1. The van der Waals surface area contributed by atoms with E-state index in [-0.39, 0.29) is 0 Å². The second kappa shape index (κ2) is 6.08. The molecule has 98 valence electrons. The average molecular weight is 258 g/mol. The molecule has 0 bridgehead atoms. The summed E-state index contributed by atoms with van der Waals surface area (Å²) in [7, 11) is 0. The summed E-state index contributed by atoms with van der Waals surface area (Å²) in [5.41, 5.74) is 0. The van der Waals surface area contributed by atoms with Crippen LogP contribution in [0.2, 0.25) is 0 Å². The van der Waals surface area contributed by atoms with Gasteiger partial charge in [0.2, 0.25) is 5.91 Å². The minimum atomic E-state index is 0.320. The van der Waals surface area contributed by atoms with Gasteiger partial charge in [-0.2, -0.15) is 0 Å². The number of alkyl halides is 1. The molecule has 2 fully saturated rings. The molecular formula is C14H24ClNO. The minimum Gasteiger partial charge on any atom is -0.342 e. The van der Waals surface area contributed by atoms with Crippen LogP contribution in [-0.2, 0) is 4.79 Å². The zero-order chi connectivity index (χ0) is 12.3. The maximum Gasteiger partial charge on any atom is 0.225 e. The molecule has 0 aromatic carbocycles. The summed E-state index contributed by atoms with van der Waals surface area (Å²) < 4.78 is 0. The van der Waals surface area contributed by atoms with Gasteiger partial charge in [0.15, 0.2) is 0 Å². The maximum absolute atomic E-state index is 12.3. The van der Waals surface area contributed by atoms with Gasteiger partial charge in [0.1, 0.15) is 0 Å².